The van der Waals surface area contributed by atoms with Crippen LogP contribution in [-0.4, -0.2) is 14.2 Å². The van der Waals surface area contributed by atoms with Gasteiger partial charge in [-0.05, 0) is 67.8 Å². The fourth-order valence-corrected chi connectivity index (χ4v) is 2.67. The molecule has 2 nitrogen and oxygen atoms in total. The van der Waals surface area contributed by atoms with Gasteiger partial charge in [0, 0.05) is 6.04 Å². The van der Waals surface area contributed by atoms with Crippen molar-refractivity contribution in [3.63, 3.8) is 0 Å². The average Bonchev–Trinajstić information content (AvgIpc) is 2.47. The maximum absolute atomic E-state index is 13.3. The summed E-state index contributed by atoms with van der Waals surface area (Å²) in [6.45, 7) is 4.11. The molecule has 0 saturated carbocycles. The molecule has 0 radical (unpaired) electrons. The maximum atomic E-state index is 13.3. The number of hydrogen-bond acceptors (Lipinski definition) is 2. The monoisotopic (exact) mass is 287 g/mol. The van der Waals surface area contributed by atoms with Crippen molar-refractivity contribution in [1.82, 2.24) is 5.32 Å². The van der Waals surface area contributed by atoms with Crippen LogP contribution in [0, 0.1) is 19.7 Å². The molecule has 3 heteroatoms. The van der Waals surface area contributed by atoms with E-state index in [1.165, 1.54) is 17.2 Å². The SMILES string of the molecule is CNC(Cc1cccc(F)c1)c1cc(C)c(OC)cc1C. The van der Waals surface area contributed by atoms with Gasteiger partial charge in [-0.3, -0.25) is 0 Å². The van der Waals surface area contributed by atoms with Crippen LogP contribution in [0.2, 0.25) is 0 Å². The predicted octanol–water partition coefficient (Wildman–Crippen LogP) is 3.95. The molecule has 1 unspecified atom stereocenters. The quantitative estimate of drug-likeness (QED) is 0.899. The van der Waals surface area contributed by atoms with E-state index in [1.807, 2.05) is 20.0 Å². The van der Waals surface area contributed by atoms with Gasteiger partial charge >= 0.3 is 0 Å². The second-order valence-electron chi connectivity index (χ2n) is 5.35. The lowest BCUT2D eigenvalue weighted by atomic mass is 9.93. The molecule has 0 aromatic heterocycles. The zero-order chi connectivity index (χ0) is 15.4. The predicted molar refractivity (Wildman–Crippen MR) is 84.4 cm³/mol. The summed E-state index contributed by atoms with van der Waals surface area (Å²) in [5.41, 5.74) is 4.49. The highest BCUT2D eigenvalue weighted by Gasteiger charge is 2.15. The van der Waals surface area contributed by atoms with Gasteiger partial charge in [-0.2, -0.15) is 0 Å². The molecule has 0 saturated heterocycles. The zero-order valence-corrected chi connectivity index (χ0v) is 13.0. The molecule has 21 heavy (non-hydrogen) atoms. The van der Waals surface area contributed by atoms with Crippen LogP contribution in [0.15, 0.2) is 36.4 Å². The van der Waals surface area contributed by atoms with Gasteiger partial charge in [0.2, 0.25) is 0 Å². The van der Waals surface area contributed by atoms with E-state index < -0.39 is 0 Å². The molecule has 2 rings (SSSR count). The Morgan fingerprint density at radius 1 is 1.14 bits per heavy atom. The second-order valence-corrected chi connectivity index (χ2v) is 5.35. The van der Waals surface area contributed by atoms with E-state index in [-0.39, 0.29) is 11.9 Å². The Balaban J connectivity index is 2.31. The van der Waals surface area contributed by atoms with Crippen molar-refractivity contribution in [1.29, 1.82) is 0 Å². The lowest BCUT2D eigenvalue weighted by Crippen LogP contribution is -2.20. The minimum absolute atomic E-state index is 0.149. The normalized spacial score (nSPS) is 12.2. The summed E-state index contributed by atoms with van der Waals surface area (Å²) in [7, 11) is 3.62. The number of aryl methyl sites for hydroxylation is 2. The van der Waals surface area contributed by atoms with Crippen LogP contribution in [0.5, 0.6) is 5.75 Å². The van der Waals surface area contributed by atoms with Gasteiger partial charge in [0.1, 0.15) is 11.6 Å². The number of hydrogen-bond donors (Lipinski definition) is 1. The summed E-state index contributed by atoms with van der Waals surface area (Å²) in [5, 5.41) is 3.33. The van der Waals surface area contributed by atoms with Crippen molar-refractivity contribution in [2.24, 2.45) is 0 Å². The van der Waals surface area contributed by atoms with E-state index in [4.69, 9.17) is 4.74 Å². The molecule has 2 aromatic rings. The third-order valence-corrected chi connectivity index (χ3v) is 3.84. The number of rotatable bonds is 5. The first-order chi connectivity index (χ1) is 10.0. The van der Waals surface area contributed by atoms with E-state index in [0.29, 0.717) is 0 Å². The lowest BCUT2D eigenvalue weighted by molar-refractivity contribution is 0.410. The Bertz CT molecular complexity index is 625. The van der Waals surface area contributed by atoms with Crippen molar-refractivity contribution in [2.75, 3.05) is 14.2 Å². The molecule has 1 N–H and O–H groups in total. The Morgan fingerprint density at radius 3 is 2.52 bits per heavy atom. The fraction of sp³-hybridized carbons (Fsp3) is 0.333. The summed E-state index contributed by atoms with van der Waals surface area (Å²) in [4.78, 5) is 0. The van der Waals surface area contributed by atoms with E-state index in [9.17, 15) is 4.39 Å². The van der Waals surface area contributed by atoms with Gasteiger partial charge in [0.15, 0.2) is 0 Å². The highest BCUT2D eigenvalue weighted by atomic mass is 19.1. The fourth-order valence-electron chi connectivity index (χ4n) is 2.67. The van der Waals surface area contributed by atoms with Crippen molar-refractivity contribution in [3.8, 4) is 5.75 Å². The van der Waals surface area contributed by atoms with Crippen molar-refractivity contribution in [3.05, 3.63) is 64.5 Å². The molecule has 112 valence electrons. The third kappa shape index (κ3) is 3.61. The van der Waals surface area contributed by atoms with Crippen molar-refractivity contribution >= 4 is 0 Å². The standard InChI is InChI=1S/C18H22FNO/c1-12-9-18(21-4)13(2)8-16(12)17(20-3)11-14-6-5-7-15(19)10-14/h5-10,17,20H,11H2,1-4H3. The molecular weight excluding hydrogens is 265 g/mol. The molecule has 0 fully saturated rings. The first-order valence-corrected chi connectivity index (χ1v) is 7.12. The number of methoxy groups -OCH3 is 1. The van der Waals surface area contributed by atoms with E-state index in [1.54, 1.807) is 19.2 Å². The van der Waals surface area contributed by atoms with E-state index in [2.05, 4.69) is 24.4 Å². The maximum Gasteiger partial charge on any atom is 0.123 e. The zero-order valence-electron chi connectivity index (χ0n) is 13.0. The molecular formula is C18H22FNO. The van der Waals surface area contributed by atoms with Crippen LogP contribution < -0.4 is 10.1 Å². The summed E-state index contributed by atoms with van der Waals surface area (Å²) in [6.07, 6.45) is 0.751. The number of benzene rings is 2. The third-order valence-electron chi connectivity index (χ3n) is 3.84. The summed E-state index contributed by atoms with van der Waals surface area (Å²) in [5.74, 6) is 0.710. The summed E-state index contributed by atoms with van der Waals surface area (Å²) in [6, 6.07) is 11.1. The highest BCUT2D eigenvalue weighted by molar-refractivity contribution is 5.43. The van der Waals surface area contributed by atoms with Crippen molar-refractivity contribution in [2.45, 2.75) is 26.3 Å². The summed E-state index contributed by atoms with van der Waals surface area (Å²) < 4.78 is 18.7. The molecule has 0 spiro atoms. The smallest absolute Gasteiger partial charge is 0.123 e. The van der Waals surface area contributed by atoms with Crippen LogP contribution in [0.4, 0.5) is 4.39 Å². The molecule has 0 aliphatic carbocycles. The Hall–Kier alpha value is -1.87. The van der Waals surface area contributed by atoms with E-state index in [0.717, 1.165) is 23.3 Å². The van der Waals surface area contributed by atoms with Gasteiger partial charge in [0.05, 0.1) is 7.11 Å². The minimum Gasteiger partial charge on any atom is -0.496 e. The van der Waals surface area contributed by atoms with Gasteiger partial charge in [-0.25, -0.2) is 4.39 Å². The Kier molecular flexibility index (Phi) is 4.97. The van der Waals surface area contributed by atoms with Crippen LogP contribution in [0.25, 0.3) is 0 Å². The molecule has 1 atom stereocenters. The largest absolute Gasteiger partial charge is 0.496 e. The molecule has 0 heterocycles. The topological polar surface area (TPSA) is 21.3 Å². The molecule has 0 amide bonds. The highest BCUT2D eigenvalue weighted by Crippen LogP contribution is 2.28. The minimum atomic E-state index is -0.190. The van der Waals surface area contributed by atoms with Crippen LogP contribution >= 0.6 is 0 Å². The lowest BCUT2D eigenvalue weighted by Gasteiger charge is -2.21. The Labute approximate surface area is 126 Å². The first-order valence-electron chi connectivity index (χ1n) is 7.12. The molecule has 2 aromatic carbocycles. The average molecular weight is 287 g/mol. The number of ether oxygens (including phenoxy) is 1. The van der Waals surface area contributed by atoms with Crippen LogP contribution in [0.3, 0.4) is 0 Å². The number of likely N-dealkylation sites (N-methyl/N-ethyl adjacent to an activating group) is 1. The van der Waals surface area contributed by atoms with Crippen molar-refractivity contribution < 1.29 is 9.13 Å². The van der Waals surface area contributed by atoms with Gasteiger partial charge in [-0.15, -0.1) is 0 Å². The molecule has 0 aliphatic heterocycles. The summed E-state index contributed by atoms with van der Waals surface area (Å²) >= 11 is 0. The van der Waals surface area contributed by atoms with Crippen LogP contribution in [0.1, 0.15) is 28.3 Å². The Morgan fingerprint density at radius 2 is 1.90 bits per heavy atom. The number of halogens is 1. The van der Waals surface area contributed by atoms with Gasteiger partial charge in [0.25, 0.3) is 0 Å². The van der Waals surface area contributed by atoms with Gasteiger partial charge < -0.3 is 10.1 Å². The number of nitrogens with one attached hydrogen (secondary N) is 1. The second kappa shape index (κ2) is 6.72. The molecule has 0 aliphatic rings. The van der Waals surface area contributed by atoms with Gasteiger partial charge in [-0.1, -0.05) is 18.2 Å². The molecule has 0 bridgehead atoms. The van der Waals surface area contributed by atoms with Crippen LogP contribution in [-0.2, 0) is 6.42 Å². The first kappa shape index (κ1) is 15.5. The van der Waals surface area contributed by atoms with E-state index >= 15 is 0 Å².